The summed E-state index contributed by atoms with van der Waals surface area (Å²) in [5.74, 6) is 0. The molecule has 0 aliphatic heterocycles. The van der Waals surface area contributed by atoms with Crippen LogP contribution >= 0.6 is 0 Å². The molecule has 0 fully saturated rings. The second-order valence-electron chi connectivity index (χ2n) is 3.92. The van der Waals surface area contributed by atoms with Crippen molar-refractivity contribution in [1.82, 2.24) is 10.3 Å². The van der Waals surface area contributed by atoms with E-state index in [-0.39, 0.29) is 0 Å². The molecule has 1 aromatic heterocycles. The summed E-state index contributed by atoms with van der Waals surface area (Å²) in [6, 6.07) is 12.7. The molecule has 0 unspecified atom stereocenters. The van der Waals surface area contributed by atoms with Gasteiger partial charge in [0.05, 0.1) is 0 Å². The monoisotopic (exact) mass is 214 g/mol. The van der Waals surface area contributed by atoms with Gasteiger partial charge in [-0.05, 0) is 29.7 Å². The van der Waals surface area contributed by atoms with Crippen molar-refractivity contribution in [1.29, 1.82) is 0 Å². The smallest absolute Gasteiger partial charge is 0.0360 e. The van der Waals surface area contributed by atoms with Crippen LogP contribution in [-0.2, 0) is 19.5 Å². The van der Waals surface area contributed by atoms with Crippen LogP contribution in [0.3, 0.4) is 0 Å². The molecule has 2 rings (SSSR count). The number of rotatable bonds is 5. The molecule has 2 nitrogen and oxygen atoms in total. The minimum absolute atomic E-state index is 0.894. The number of hydrogen-bond acceptors (Lipinski definition) is 1. The molecule has 0 aliphatic carbocycles. The second kappa shape index (κ2) is 5.52. The zero-order valence-corrected chi connectivity index (χ0v) is 9.66. The van der Waals surface area contributed by atoms with Gasteiger partial charge in [0.2, 0.25) is 0 Å². The number of aryl methyl sites for hydroxylation is 1. The summed E-state index contributed by atoms with van der Waals surface area (Å²) in [5.41, 5.74) is 4.06. The number of aromatic nitrogens is 1. The molecule has 0 amide bonds. The topological polar surface area (TPSA) is 27.8 Å². The highest BCUT2D eigenvalue weighted by Gasteiger charge is 1.99. The predicted molar refractivity (Wildman–Crippen MR) is 67.2 cm³/mol. The van der Waals surface area contributed by atoms with Crippen LogP contribution < -0.4 is 5.32 Å². The highest BCUT2D eigenvalue weighted by Crippen LogP contribution is 2.09. The Kier molecular flexibility index (Phi) is 3.78. The first-order chi connectivity index (χ1) is 7.90. The average molecular weight is 214 g/mol. The third-order valence-electron chi connectivity index (χ3n) is 2.79. The van der Waals surface area contributed by atoms with Gasteiger partial charge in [0.1, 0.15) is 0 Å². The third-order valence-corrected chi connectivity index (χ3v) is 2.79. The standard InChI is InChI=1S/C14H18N2/c1-2-12-6-3-4-7-13(12)10-15-11-14-8-5-9-16-14/h3-9,15-16H,2,10-11H2,1H3. The lowest BCUT2D eigenvalue weighted by molar-refractivity contribution is 0.678. The Morgan fingerprint density at radius 2 is 1.81 bits per heavy atom. The Bertz CT molecular complexity index is 418. The number of aromatic amines is 1. The Morgan fingerprint density at radius 3 is 2.50 bits per heavy atom. The van der Waals surface area contributed by atoms with Gasteiger partial charge in [-0.25, -0.2) is 0 Å². The van der Waals surface area contributed by atoms with Gasteiger partial charge in [-0.3, -0.25) is 0 Å². The fourth-order valence-corrected chi connectivity index (χ4v) is 1.88. The minimum Gasteiger partial charge on any atom is -0.364 e. The molecule has 2 N–H and O–H groups in total. The summed E-state index contributed by atoms with van der Waals surface area (Å²) in [6.07, 6.45) is 3.05. The molecule has 0 bridgehead atoms. The van der Waals surface area contributed by atoms with Crippen LogP contribution in [0, 0.1) is 0 Å². The minimum atomic E-state index is 0.894. The van der Waals surface area contributed by atoms with Crippen molar-refractivity contribution in [3.8, 4) is 0 Å². The predicted octanol–water partition coefficient (Wildman–Crippen LogP) is 2.87. The van der Waals surface area contributed by atoms with Crippen molar-refractivity contribution >= 4 is 0 Å². The Balaban J connectivity index is 1.89. The van der Waals surface area contributed by atoms with Crippen LogP contribution in [-0.4, -0.2) is 4.98 Å². The SMILES string of the molecule is CCc1ccccc1CNCc1ccc[nH]1. The molecule has 0 spiro atoms. The van der Waals surface area contributed by atoms with E-state index in [9.17, 15) is 0 Å². The van der Waals surface area contributed by atoms with Crippen LogP contribution in [0.2, 0.25) is 0 Å². The van der Waals surface area contributed by atoms with Crippen LogP contribution in [0.4, 0.5) is 0 Å². The number of H-pyrrole nitrogens is 1. The maximum absolute atomic E-state index is 3.45. The zero-order valence-electron chi connectivity index (χ0n) is 9.66. The Morgan fingerprint density at radius 1 is 1.00 bits per heavy atom. The first-order valence-electron chi connectivity index (χ1n) is 5.80. The van der Waals surface area contributed by atoms with E-state index in [1.54, 1.807) is 0 Å². The molecule has 2 heteroatoms. The van der Waals surface area contributed by atoms with Gasteiger partial charge in [0.25, 0.3) is 0 Å². The Labute approximate surface area is 96.7 Å². The van der Waals surface area contributed by atoms with Gasteiger partial charge >= 0.3 is 0 Å². The van der Waals surface area contributed by atoms with E-state index in [1.165, 1.54) is 16.8 Å². The van der Waals surface area contributed by atoms with Gasteiger partial charge in [-0.15, -0.1) is 0 Å². The Hall–Kier alpha value is -1.54. The number of benzene rings is 1. The van der Waals surface area contributed by atoms with Crippen LogP contribution in [0.5, 0.6) is 0 Å². The normalized spacial score (nSPS) is 10.6. The average Bonchev–Trinajstić information content (AvgIpc) is 2.83. The molecule has 0 saturated heterocycles. The summed E-state index contributed by atoms with van der Waals surface area (Å²) in [5, 5.41) is 3.45. The summed E-state index contributed by atoms with van der Waals surface area (Å²) in [6.45, 7) is 4.03. The molecule has 2 aromatic rings. The second-order valence-corrected chi connectivity index (χ2v) is 3.92. The van der Waals surface area contributed by atoms with Gasteiger partial charge < -0.3 is 10.3 Å². The quantitative estimate of drug-likeness (QED) is 0.787. The first kappa shape index (κ1) is 11.0. The lowest BCUT2D eigenvalue weighted by Gasteiger charge is -2.08. The highest BCUT2D eigenvalue weighted by molar-refractivity contribution is 5.26. The van der Waals surface area contributed by atoms with Crippen molar-refractivity contribution < 1.29 is 0 Å². The van der Waals surface area contributed by atoms with Crippen molar-refractivity contribution in [2.24, 2.45) is 0 Å². The highest BCUT2D eigenvalue weighted by atomic mass is 14.9. The molecule has 1 aromatic carbocycles. The fourth-order valence-electron chi connectivity index (χ4n) is 1.88. The van der Waals surface area contributed by atoms with E-state index in [0.29, 0.717) is 0 Å². The van der Waals surface area contributed by atoms with Gasteiger partial charge in [0, 0.05) is 25.0 Å². The summed E-state index contributed by atoms with van der Waals surface area (Å²) in [7, 11) is 0. The van der Waals surface area contributed by atoms with Crippen molar-refractivity contribution in [3.05, 3.63) is 59.4 Å². The molecule has 1 heterocycles. The molecular formula is C14H18N2. The zero-order chi connectivity index (χ0) is 11.2. The maximum Gasteiger partial charge on any atom is 0.0360 e. The summed E-state index contributed by atoms with van der Waals surface area (Å²) < 4.78 is 0. The summed E-state index contributed by atoms with van der Waals surface area (Å²) in [4.78, 5) is 3.19. The third kappa shape index (κ3) is 2.74. The van der Waals surface area contributed by atoms with E-state index in [1.807, 2.05) is 12.3 Å². The first-order valence-corrected chi connectivity index (χ1v) is 5.80. The summed E-state index contributed by atoms with van der Waals surface area (Å²) >= 11 is 0. The van der Waals surface area contributed by atoms with E-state index >= 15 is 0 Å². The molecular weight excluding hydrogens is 196 g/mol. The largest absolute Gasteiger partial charge is 0.364 e. The van der Waals surface area contributed by atoms with E-state index < -0.39 is 0 Å². The molecule has 0 saturated carbocycles. The van der Waals surface area contributed by atoms with Gasteiger partial charge in [0.15, 0.2) is 0 Å². The lowest BCUT2D eigenvalue weighted by Crippen LogP contribution is -2.14. The lowest BCUT2D eigenvalue weighted by atomic mass is 10.1. The van der Waals surface area contributed by atoms with Crippen LogP contribution in [0.15, 0.2) is 42.6 Å². The van der Waals surface area contributed by atoms with Crippen LogP contribution in [0.1, 0.15) is 23.7 Å². The molecule has 84 valence electrons. The molecule has 0 atom stereocenters. The van der Waals surface area contributed by atoms with E-state index in [0.717, 1.165) is 19.5 Å². The molecule has 0 radical (unpaired) electrons. The van der Waals surface area contributed by atoms with E-state index in [2.05, 4.69) is 47.6 Å². The van der Waals surface area contributed by atoms with Crippen molar-refractivity contribution in [2.75, 3.05) is 0 Å². The molecule has 16 heavy (non-hydrogen) atoms. The number of hydrogen-bond donors (Lipinski definition) is 2. The van der Waals surface area contributed by atoms with Crippen molar-refractivity contribution in [3.63, 3.8) is 0 Å². The molecule has 0 aliphatic rings. The number of nitrogens with one attached hydrogen (secondary N) is 2. The van der Waals surface area contributed by atoms with E-state index in [4.69, 9.17) is 0 Å². The van der Waals surface area contributed by atoms with Gasteiger partial charge in [-0.1, -0.05) is 31.2 Å². The van der Waals surface area contributed by atoms with Gasteiger partial charge in [-0.2, -0.15) is 0 Å². The maximum atomic E-state index is 3.45. The van der Waals surface area contributed by atoms with Crippen molar-refractivity contribution in [2.45, 2.75) is 26.4 Å². The van der Waals surface area contributed by atoms with Crippen LogP contribution in [0.25, 0.3) is 0 Å². The fraction of sp³-hybridized carbons (Fsp3) is 0.286.